The first-order valence-electron chi connectivity index (χ1n) is 7.88. The molecule has 1 atom stereocenters. The summed E-state index contributed by atoms with van der Waals surface area (Å²) < 4.78 is 33.8. The summed E-state index contributed by atoms with van der Waals surface area (Å²) in [7, 11) is 1.43. The number of hydrogen-bond donors (Lipinski definition) is 2. The third-order valence-corrected chi connectivity index (χ3v) is 4.27. The molecule has 0 aliphatic carbocycles. The molecule has 134 valence electrons. The number of carbonyl (C=O) groups excluding carboxylic acids is 1. The monoisotopic (exact) mass is 352 g/mol. The number of nitrogens with zero attached hydrogens (tertiary/aromatic N) is 2. The Morgan fingerprint density at radius 3 is 2.88 bits per heavy atom. The number of carbonyl (C=O) groups is 1. The first-order chi connectivity index (χ1) is 11.9. The third-order valence-electron chi connectivity index (χ3n) is 4.27. The van der Waals surface area contributed by atoms with Crippen molar-refractivity contribution >= 4 is 5.91 Å². The van der Waals surface area contributed by atoms with E-state index in [0.717, 1.165) is 17.2 Å². The Hall–Kier alpha value is -2.55. The van der Waals surface area contributed by atoms with Crippen LogP contribution >= 0.6 is 0 Å². The fourth-order valence-corrected chi connectivity index (χ4v) is 2.94. The van der Waals surface area contributed by atoms with Crippen molar-refractivity contribution in [3.63, 3.8) is 0 Å². The van der Waals surface area contributed by atoms with E-state index >= 15 is 0 Å². The van der Waals surface area contributed by atoms with Gasteiger partial charge in [-0.1, -0.05) is 6.07 Å². The van der Waals surface area contributed by atoms with Gasteiger partial charge in [-0.2, -0.15) is 0 Å². The molecule has 9 heteroatoms. The summed E-state index contributed by atoms with van der Waals surface area (Å²) >= 11 is 0. The molecule has 0 spiro atoms. The third kappa shape index (κ3) is 3.76. The van der Waals surface area contributed by atoms with E-state index in [1.54, 1.807) is 0 Å². The Morgan fingerprint density at radius 1 is 1.48 bits per heavy atom. The van der Waals surface area contributed by atoms with E-state index in [1.165, 1.54) is 19.2 Å². The number of nitrogens with one attached hydrogen (secondary N) is 2. The number of amides is 1. The highest BCUT2D eigenvalue weighted by molar-refractivity contribution is 5.90. The second kappa shape index (κ2) is 6.75. The number of hydrogen-bond acceptors (Lipinski definition) is 4. The molecule has 1 aromatic carbocycles. The maximum atomic E-state index is 13.9. The van der Waals surface area contributed by atoms with Crippen LogP contribution in [0.3, 0.4) is 0 Å². The van der Waals surface area contributed by atoms with Crippen molar-refractivity contribution in [1.29, 1.82) is 0 Å². The second-order valence-electron chi connectivity index (χ2n) is 6.13. The molecule has 1 aromatic heterocycles. The lowest BCUT2D eigenvalue weighted by molar-refractivity contribution is 0.00489. The lowest BCUT2D eigenvalue weighted by Gasteiger charge is -2.29. The molecule has 1 saturated heterocycles. The molecule has 2 aromatic rings. The Morgan fingerprint density at radius 2 is 2.28 bits per heavy atom. The summed E-state index contributed by atoms with van der Waals surface area (Å²) in [6, 6.07) is 3.40. The number of H-pyrrole nitrogens is 1. The van der Waals surface area contributed by atoms with Gasteiger partial charge >= 0.3 is 5.69 Å². The van der Waals surface area contributed by atoms with Crippen LogP contribution < -0.4 is 11.0 Å². The molecule has 1 amide bonds. The summed E-state index contributed by atoms with van der Waals surface area (Å²) in [5.41, 5.74) is -0.946. The van der Waals surface area contributed by atoms with E-state index in [9.17, 15) is 18.4 Å². The van der Waals surface area contributed by atoms with Gasteiger partial charge < -0.3 is 10.1 Å². The quantitative estimate of drug-likeness (QED) is 0.837. The van der Waals surface area contributed by atoms with Crippen LogP contribution in [0.4, 0.5) is 8.78 Å². The van der Waals surface area contributed by atoms with E-state index < -0.39 is 28.8 Å². The van der Waals surface area contributed by atoms with E-state index in [-0.39, 0.29) is 18.8 Å². The van der Waals surface area contributed by atoms with Gasteiger partial charge in [0.2, 0.25) is 5.82 Å². The Bertz CT molecular complexity index is 840. The number of rotatable bonds is 5. The standard InChI is InChI=1S/C16H18F2N4O3/c1-22-15(24)20-13(21-22)14(23)19-9-16(5-2-6-25-16)8-10-3-4-11(17)7-12(10)18/h3-4,7H,2,5-6,8-9H2,1H3,(H,19,23)(H,20,21,24)/t16-/m0/s1. The van der Waals surface area contributed by atoms with E-state index in [4.69, 9.17) is 4.74 Å². The summed E-state index contributed by atoms with van der Waals surface area (Å²) in [5.74, 6) is -1.94. The van der Waals surface area contributed by atoms with Crippen molar-refractivity contribution in [1.82, 2.24) is 20.1 Å². The van der Waals surface area contributed by atoms with Gasteiger partial charge in [0.15, 0.2) is 0 Å². The predicted octanol–water partition coefficient (Wildman–Crippen LogP) is 0.908. The molecule has 1 aliphatic rings. The molecular weight excluding hydrogens is 334 g/mol. The van der Waals surface area contributed by atoms with Gasteiger partial charge in [0.25, 0.3) is 5.91 Å². The van der Waals surface area contributed by atoms with Crippen molar-refractivity contribution in [2.24, 2.45) is 7.05 Å². The summed E-state index contributed by atoms with van der Waals surface area (Å²) in [6.07, 6.45) is 1.61. The number of aromatic amines is 1. The first kappa shape index (κ1) is 17.3. The van der Waals surface area contributed by atoms with Gasteiger partial charge in [-0.05, 0) is 24.5 Å². The molecule has 0 radical (unpaired) electrons. The zero-order chi connectivity index (χ0) is 18.0. The van der Waals surface area contributed by atoms with Crippen LogP contribution in [0.2, 0.25) is 0 Å². The van der Waals surface area contributed by atoms with Crippen molar-refractivity contribution < 1.29 is 18.3 Å². The van der Waals surface area contributed by atoms with Crippen LogP contribution in [-0.4, -0.2) is 39.4 Å². The Labute approximate surface area is 142 Å². The van der Waals surface area contributed by atoms with Gasteiger partial charge in [0, 0.05) is 32.7 Å². The van der Waals surface area contributed by atoms with Crippen LogP contribution in [0.15, 0.2) is 23.0 Å². The number of aryl methyl sites for hydroxylation is 1. The molecule has 3 rings (SSSR count). The molecule has 2 N–H and O–H groups in total. The van der Waals surface area contributed by atoms with Crippen LogP contribution in [0.5, 0.6) is 0 Å². The van der Waals surface area contributed by atoms with E-state index in [2.05, 4.69) is 15.4 Å². The number of ether oxygens (including phenoxy) is 1. The van der Waals surface area contributed by atoms with E-state index in [0.29, 0.717) is 18.6 Å². The number of benzene rings is 1. The van der Waals surface area contributed by atoms with Crippen LogP contribution in [0.25, 0.3) is 0 Å². The number of aromatic nitrogens is 3. The minimum absolute atomic E-state index is 0.103. The van der Waals surface area contributed by atoms with Gasteiger partial charge in [0.1, 0.15) is 11.6 Å². The summed E-state index contributed by atoms with van der Waals surface area (Å²) in [5, 5.41) is 6.45. The van der Waals surface area contributed by atoms with Crippen molar-refractivity contribution in [3.05, 3.63) is 51.7 Å². The molecule has 0 saturated carbocycles. The normalized spacial score (nSPS) is 20.0. The van der Waals surface area contributed by atoms with Crippen molar-refractivity contribution in [3.8, 4) is 0 Å². The fourth-order valence-electron chi connectivity index (χ4n) is 2.94. The molecule has 2 heterocycles. The zero-order valence-electron chi connectivity index (χ0n) is 13.6. The highest BCUT2D eigenvalue weighted by atomic mass is 19.1. The van der Waals surface area contributed by atoms with Gasteiger partial charge in [-0.3, -0.25) is 9.78 Å². The maximum Gasteiger partial charge on any atom is 0.343 e. The average Bonchev–Trinajstić information content (AvgIpc) is 3.16. The summed E-state index contributed by atoms with van der Waals surface area (Å²) in [4.78, 5) is 25.8. The minimum Gasteiger partial charge on any atom is -0.373 e. The van der Waals surface area contributed by atoms with Crippen LogP contribution in [0.1, 0.15) is 29.0 Å². The topological polar surface area (TPSA) is 89.0 Å². The second-order valence-corrected chi connectivity index (χ2v) is 6.13. The van der Waals surface area contributed by atoms with Gasteiger partial charge in [-0.25, -0.2) is 18.3 Å². The van der Waals surface area contributed by atoms with Crippen molar-refractivity contribution in [2.75, 3.05) is 13.2 Å². The minimum atomic E-state index is -0.774. The molecule has 0 bridgehead atoms. The SMILES string of the molecule is Cn1nc(C(=O)NC[C@@]2(Cc3ccc(F)cc3F)CCCO2)[nH]c1=O. The Kier molecular flexibility index (Phi) is 4.67. The highest BCUT2D eigenvalue weighted by Crippen LogP contribution is 2.30. The molecule has 0 unspecified atom stereocenters. The molecular formula is C16H18F2N4O3. The molecule has 25 heavy (non-hydrogen) atoms. The summed E-state index contributed by atoms with van der Waals surface area (Å²) in [6.45, 7) is 0.625. The lowest BCUT2D eigenvalue weighted by atomic mass is 9.91. The fraction of sp³-hybridized carbons (Fsp3) is 0.438. The van der Waals surface area contributed by atoms with Gasteiger partial charge in [-0.15, -0.1) is 5.10 Å². The Balaban J connectivity index is 1.72. The lowest BCUT2D eigenvalue weighted by Crippen LogP contribution is -2.44. The average molecular weight is 352 g/mol. The smallest absolute Gasteiger partial charge is 0.343 e. The van der Waals surface area contributed by atoms with Crippen LogP contribution in [-0.2, 0) is 18.2 Å². The number of halogens is 2. The largest absolute Gasteiger partial charge is 0.373 e. The molecule has 1 aliphatic heterocycles. The maximum absolute atomic E-state index is 13.9. The first-order valence-corrected chi connectivity index (χ1v) is 7.88. The predicted molar refractivity (Wildman–Crippen MR) is 84.1 cm³/mol. The van der Waals surface area contributed by atoms with Crippen LogP contribution in [0, 0.1) is 11.6 Å². The molecule has 1 fully saturated rings. The van der Waals surface area contributed by atoms with Crippen molar-refractivity contribution in [2.45, 2.75) is 24.9 Å². The zero-order valence-corrected chi connectivity index (χ0v) is 13.6. The van der Waals surface area contributed by atoms with Gasteiger partial charge in [0.05, 0.1) is 5.60 Å². The van der Waals surface area contributed by atoms with E-state index in [1.807, 2.05) is 0 Å². The highest BCUT2D eigenvalue weighted by Gasteiger charge is 2.36. The molecule has 7 nitrogen and oxygen atoms in total.